The first-order valence-electron chi connectivity index (χ1n) is 10.3. The fourth-order valence-corrected chi connectivity index (χ4v) is 3.98. The van der Waals surface area contributed by atoms with Gasteiger partial charge in [-0.2, -0.15) is 0 Å². The summed E-state index contributed by atoms with van der Waals surface area (Å²) in [5.41, 5.74) is 10.3. The van der Waals surface area contributed by atoms with E-state index >= 15 is 0 Å². The number of hydrogen-bond donors (Lipinski definition) is 2. The highest BCUT2D eigenvalue weighted by Gasteiger charge is 2.21. The van der Waals surface area contributed by atoms with Crippen LogP contribution in [0.1, 0.15) is 21.5 Å². The van der Waals surface area contributed by atoms with Crippen molar-refractivity contribution < 1.29 is 9.59 Å². The number of carbonyl (C=O) groups is 2. The molecule has 2 aromatic heterocycles. The van der Waals surface area contributed by atoms with Gasteiger partial charge in [0.2, 0.25) is 5.91 Å². The first-order chi connectivity index (χ1) is 16.0. The number of benzene rings is 2. The number of aromatic nitrogens is 2. The first-order valence-corrected chi connectivity index (χ1v) is 11.2. The van der Waals surface area contributed by atoms with Gasteiger partial charge in [-0.05, 0) is 36.2 Å². The van der Waals surface area contributed by atoms with Gasteiger partial charge in [-0.1, -0.05) is 42.5 Å². The van der Waals surface area contributed by atoms with E-state index in [1.807, 2.05) is 54.8 Å². The summed E-state index contributed by atoms with van der Waals surface area (Å²) < 4.78 is 0. The van der Waals surface area contributed by atoms with Gasteiger partial charge >= 0.3 is 0 Å². The lowest BCUT2D eigenvalue weighted by atomic mass is 10.1. The third kappa shape index (κ3) is 5.61. The fraction of sp³-hybridized carbons (Fsp3) is 0.120. The molecule has 8 heteroatoms. The van der Waals surface area contributed by atoms with E-state index in [0.717, 1.165) is 22.4 Å². The molecule has 33 heavy (non-hydrogen) atoms. The minimum atomic E-state index is -0.281. The Bertz CT molecular complexity index is 1260. The Kier molecular flexibility index (Phi) is 6.75. The van der Waals surface area contributed by atoms with Crippen molar-refractivity contribution in [2.24, 2.45) is 0 Å². The number of nitrogens with one attached hydrogen (secondary N) is 1. The molecule has 0 aliphatic rings. The van der Waals surface area contributed by atoms with Crippen LogP contribution in [0.25, 0.3) is 11.3 Å². The first kappa shape index (κ1) is 22.2. The van der Waals surface area contributed by atoms with E-state index < -0.39 is 0 Å². The number of anilines is 2. The van der Waals surface area contributed by atoms with Gasteiger partial charge in [0.25, 0.3) is 5.91 Å². The van der Waals surface area contributed by atoms with Crippen LogP contribution in [-0.2, 0) is 11.3 Å². The van der Waals surface area contributed by atoms with E-state index in [4.69, 9.17) is 5.73 Å². The Hall–Kier alpha value is -4.04. The standard InChI is InChI=1S/C25H23N5O2S/c1-17-13-27-12-11-21(17)24(32)30(14-18-5-3-2-4-6-18)15-23(31)28-20-9-7-19(8-10-20)22-16-33-25(26)29-22/h2-13,16H,14-15H2,1H3,(H2,26,29)(H,28,31). The summed E-state index contributed by atoms with van der Waals surface area (Å²) in [5.74, 6) is -0.498. The summed E-state index contributed by atoms with van der Waals surface area (Å²) >= 11 is 1.38. The van der Waals surface area contributed by atoms with E-state index in [2.05, 4.69) is 15.3 Å². The second-order valence-corrected chi connectivity index (χ2v) is 8.42. The van der Waals surface area contributed by atoms with Crippen LogP contribution in [0.3, 0.4) is 0 Å². The van der Waals surface area contributed by atoms with Crippen LogP contribution in [0.15, 0.2) is 78.4 Å². The molecule has 0 spiro atoms. The zero-order valence-electron chi connectivity index (χ0n) is 18.1. The normalized spacial score (nSPS) is 10.6. The monoisotopic (exact) mass is 457 g/mol. The lowest BCUT2D eigenvalue weighted by Crippen LogP contribution is -2.38. The average molecular weight is 458 g/mol. The van der Waals surface area contributed by atoms with E-state index in [1.54, 1.807) is 35.5 Å². The van der Waals surface area contributed by atoms with Gasteiger partial charge in [0.1, 0.15) is 6.54 Å². The molecule has 0 atom stereocenters. The van der Waals surface area contributed by atoms with Gasteiger partial charge in [-0.3, -0.25) is 14.6 Å². The van der Waals surface area contributed by atoms with Crippen molar-refractivity contribution in [1.82, 2.24) is 14.9 Å². The van der Waals surface area contributed by atoms with Crippen LogP contribution in [0.5, 0.6) is 0 Å². The molecule has 4 aromatic rings. The summed E-state index contributed by atoms with van der Waals surface area (Å²) in [6.45, 7) is 2.07. The summed E-state index contributed by atoms with van der Waals surface area (Å²) in [6.07, 6.45) is 3.23. The van der Waals surface area contributed by atoms with Crippen molar-refractivity contribution in [1.29, 1.82) is 0 Å². The van der Waals surface area contributed by atoms with E-state index in [-0.39, 0.29) is 18.4 Å². The second kappa shape index (κ2) is 10.1. The molecule has 0 radical (unpaired) electrons. The molecule has 4 rings (SSSR count). The van der Waals surface area contributed by atoms with Gasteiger partial charge in [0.15, 0.2) is 5.13 Å². The fourth-order valence-electron chi connectivity index (χ4n) is 3.41. The topological polar surface area (TPSA) is 101 Å². The zero-order chi connectivity index (χ0) is 23.2. The van der Waals surface area contributed by atoms with Crippen molar-refractivity contribution in [3.05, 3.63) is 95.1 Å². The van der Waals surface area contributed by atoms with Crippen molar-refractivity contribution in [2.75, 3.05) is 17.6 Å². The third-order valence-electron chi connectivity index (χ3n) is 5.08. The Morgan fingerprint density at radius 1 is 1.06 bits per heavy atom. The Morgan fingerprint density at radius 3 is 2.48 bits per heavy atom. The van der Waals surface area contributed by atoms with E-state index in [0.29, 0.717) is 22.9 Å². The van der Waals surface area contributed by atoms with Crippen molar-refractivity contribution in [3.63, 3.8) is 0 Å². The van der Waals surface area contributed by atoms with Crippen LogP contribution in [0.2, 0.25) is 0 Å². The van der Waals surface area contributed by atoms with Gasteiger partial charge in [-0.25, -0.2) is 4.98 Å². The SMILES string of the molecule is Cc1cnccc1C(=O)N(CC(=O)Nc1ccc(-c2csc(N)n2)cc1)Cc1ccccc1. The number of amides is 2. The third-order valence-corrected chi connectivity index (χ3v) is 5.75. The van der Waals surface area contributed by atoms with Crippen molar-refractivity contribution in [3.8, 4) is 11.3 Å². The minimum Gasteiger partial charge on any atom is -0.375 e. The summed E-state index contributed by atoms with van der Waals surface area (Å²) in [6, 6.07) is 18.6. The Labute approximate surface area is 195 Å². The lowest BCUT2D eigenvalue weighted by molar-refractivity contribution is -0.117. The number of rotatable bonds is 7. The molecule has 7 nitrogen and oxygen atoms in total. The number of nitrogens with zero attached hydrogens (tertiary/aromatic N) is 3. The largest absolute Gasteiger partial charge is 0.375 e. The average Bonchev–Trinajstić information content (AvgIpc) is 3.26. The van der Waals surface area contributed by atoms with E-state index in [1.165, 1.54) is 11.3 Å². The van der Waals surface area contributed by atoms with Crippen LogP contribution in [0, 0.1) is 6.92 Å². The summed E-state index contributed by atoms with van der Waals surface area (Å²) in [7, 11) is 0. The van der Waals surface area contributed by atoms with Gasteiger partial charge in [0.05, 0.1) is 5.69 Å². The van der Waals surface area contributed by atoms with Crippen LogP contribution >= 0.6 is 11.3 Å². The molecule has 2 aromatic carbocycles. The second-order valence-electron chi connectivity index (χ2n) is 7.53. The van der Waals surface area contributed by atoms with Crippen molar-refractivity contribution >= 4 is 34.0 Å². The molecule has 3 N–H and O–H groups in total. The molecule has 0 fully saturated rings. The predicted molar refractivity (Wildman–Crippen MR) is 131 cm³/mol. The molecular formula is C25H23N5O2S. The molecule has 0 unspecified atom stereocenters. The predicted octanol–water partition coefficient (Wildman–Crippen LogP) is 4.38. The molecule has 0 saturated heterocycles. The molecule has 0 bridgehead atoms. The number of nitrogens with two attached hydrogens (primary N) is 1. The quantitative estimate of drug-likeness (QED) is 0.429. The maximum Gasteiger partial charge on any atom is 0.255 e. The number of thiazole rings is 1. The molecule has 0 aliphatic heterocycles. The number of pyridine rings is 1. The number of carbonyl (C=O) groups excluding carboxylic acids is 2. The number of aryl methyl sites for hydroxylation is 1. The van der Waals surface area contributed by atoms with Crippen molar-refractivity contribution in [2.45, 2.75) is 13.5 Å². The molecular weight excluding hydrogens is 434 g/mol. The molecule has 0 aliphatic carbocycles. The number of hydrogen-bond acceptors (Lipinski definition) is 6. The molecule has 166 valence electrons. The highest BCUT2D eigenvalue weighted by atomic mass is 32.1. The highest BCUT2D eigenvalue weighted by molar-refractivity contribution is 7.13. The van der Waals surface area contributed by atoms with Gasteiger partial charge < -0.3 is 16.0 Å². The zero-order valence-corrected chi connectivity index (χ0v) is 18.9. The smallest absolute Gasteiger partial charge is 0.255 e. The van der Waals surface area contributed by atoms with Gasteiger partial charge in [0, 0.05) is 41.1 Å². The van der Waals surface area contributed by atoms with Crippen LogP contribution < -0.4 is 11.1 Å². The Balaban J connectivity index is 1.48. The molecule has 2 heterocycles. The maximum absolute atomic E-state index is 13.3. The summed E-state index contributed by atoms with van der Waals surface area (Å²) in [5, 5.41) is 5.27. The lowest BCUT2D eigenvalue weighted by Gasteiger charge is -2.23. The molecule has 0 saturated carbocycles. The highest BCUT2D eigenvalue weighted by Crippen LogP contribution is 2.24. The van der Waals surface area contributed by atoms with Gasteiger partial charge in [-0.15, -0.1) is 11.3 Å². The minimum absolute atomic E-state index is 0.0835. The molecule has 2 amide bonds. The maximum atomic E-state index is 13.3. The van der Waals surface area contributed by atoms with Crippen LogP contribution in [-0.4, -0.2) is 33.2 Å². The Morgan fingerprint density at radius 2 is 1.82 bits per heavy atom. The van der Waals surface area contributed by atoms with Crippen LogP contribution in [0.4, 0.5) is 10.8 Å². The summed E-state index contributed by atoms with van der Waals surface area (Å²) in [4.78, 5) is 36.0. The number of nitrogen functional groups attached to an aromatic ring is 1. The van der Waals surface area contributed by atoms with E-state index in [9.17, 15) is 9.59 Å².